The molecule has 2 aromatic carbocycles. The molecule has 4 nitrogen and oxygen atoms in total. The van der Waals surface area contributed by atoms with E-state index in [0.717, 1.165) is 16.9 Å². The Balaban J connectivity index is 1.59. The standard InChI is InChI=1S/C21H19FN2O2/c1-26-18-9-6-15(7-10-18)17-8-11-20(24-14-17)21(25)23-13-12-16-4-2-3-5-19(16)22/h2-11,14H,12-13H2,1H3,(H,23,25). The van der Waals surface area contributed by atoms with Crippen molar-refractivity contribution >= 4 is 5.91 Å². The van der Waals surface area contributed by atoms with E-state index in [9.17, 15) is 9.18 Å². The van der Waals surface area contributed by atoms with Gasteiger partial charge in [-0.3, -0.25) is 9.78 Å². The van der Waals surface area contributed by atoms with Gasteiger partial charge in [0, 0.05) is 18.3 Å². The van der Waals surface area contributed by atoms with Crippen LogP contribution in [0.2, 0.25) is 0 Å². The summed E-state index contributed by atoms with van der Waals surface area (Å²) < 4.78 is 18.7. The lowest BCUT2D eigenvalue weighted by molar-refractivity contribution is 0.0949. The molecule has 0 saturated heterocycles. The van der Waals surface area contributed by atoms with Gasteiger partial charge in [0.2, 0.25) is 0 Å². The fraction of sp³-hybridized carbons (Fsp3) is 0.143. The van der Waals surface area contributed by atoms with Crippen LogP contribution in [0, 0.1) is 5.82 Å². The molecule has 132 valence electrons. The summed E-state index contributed by atoms with van der Waals surface area (Å²) >= 11 is 0. The first kappa shape index (κ1) is 17.6. The molecule has 1 amide bonds. The summed E-state index contributed by atoms with van der Waals surface area (Å²) in [5, 5.41) is 2.76. The predicted molar refractivity (Wildman–Crippen MR) is 98.7 cm³/mol. The Bertz CT molecular complexity index is 877. The van der Waals surface area contributed by atoms with E-state index >= 15 is 0 Å². The van der Waals surface area contributed by atoms with Crippen LogP contribution in [0.5, 0.6) is 5.75 Å². The molecule has 1 aromatic heterocycles. The van der Waals surface area contributed by atoms with Gasteiger partial charge in [0.05, 0.1) is 7.11 Å². The number of amides is 1. The number of halogens is 1. The molecule has 0 saturated carbocycles. The number of hydrogen-bond acceptors (Lipinski definition) is 3. The van der Waals surface area contributed by atoms with Crippen LogP contribution in [0.1, 0.15) is 16.1 Å². The maximum absolute atomic E-state index is 13.6. The second kappa shape index (κ2) is 8.25. The number of hydrogen-bond donors (Lipinski definition) is 1. The van der Waals surface area contributed by atoms with Crippen LogP contribution in [0.15, 0.2) is 66.9 Å². The van der Waals surface area contributed by atoms with E-state index in [1.807, 2.05) is 30.3 Å². The van der Waals surface area contributed by atoms with E-state index in [-0.39, 0.29) is 11.7 Å². The molecule has 3 aromatic rings. The number of rotatable bonds is 6. The molecule has 1 heterocycles. The zero-order valence-electron chi connectivity index (χ0n) is 14.4. The Kier molecular flexibility index (Phi) is 5.59. The third-order valence-electron chi connectivity index (χ3n) is 4.06. The van der Waals surface area contributed by atoms with Gasteiger partial charge in [-0.05, 0) is 41.8 Å². The molecular formula is C21H19FN2O2. The molecule has 0 spiro atoms. The second-order valence-corrected chi connectivity index (χ2v) is 5.76. The van der Waals surface area contributed by atoms with Crippen LogP contribution in [0.4, 0.5) is 4.39 Å². The van der Waals surface area contributed by atoms with Gasteiger partial charge in [-0.25, -0.2) is 4.39 Å². The molecule has 0 aliphatic rings. The van der Waals surface area contributed by atoms with Crippen molar-refractivity contribution in [1.82, 2.24) is 10.3 Å². The van der Waals surface area contributed by atoms with Crippen LogP contribution >= 0.6 is 0 Å². The lowest BCUT2D eigenvalue weighted by Gasteiger charge is -2.07. The number of nitrogens with zero attached hydrogens (tertiary/aromatic N) is 1. The summed E-state index contributed by atoms with van der Waals surface area (Å²) in [6.07, 6.45) is 2.09. The van der Waals surface area contributed by atoms with Crippen LogP contribution in [-0.4, -0.2) is 24.5 Å². The molecule has 5 heteroatoms. The smallest absolute Gasteiger partial charge is 0.269 e. The van der Waals surface area contributed by atoms with E-state index in [1.165, 1.54) is 6.07 Å². The third-order valence-corrected chi connectivity index (χ3v) is 4.06. The van der Waals surface area contributed by atoms with Crippen molar-refractivity contribution in [3.63, 3.8) is 0 Å². The van der Waals surface area contributed by atoms with E-state index < -0.39 is 0 Å². The Morgan fingerprint density at radius 2 is 1.77 bits per heavy atom. The minimum Gasteiger partial charge on any atom is -0.497 e. The van der Waals surface area contributed by atoms with Gasteiger partial charge in [0.1, 0.15) is 17.3 Å². The quantitative estimate of drug-likeness (QED) is 0.734. The van der Waals surface area contributed by atoms with Crippen molar-refractivity contribution in [3.05, 3.63) is 83.9 Å². The van der Waals surface area contributed by atoms with E-state index in [4.69, 9.17) is 4.74 Å². The molecule has 26 heavy (non-hydrogen) atoms. The molecule has 3 rings (SSSR count). The van der Waals surface area contributed by atoms with Crippen molar-refractivity contribution in [2.45, 2.75) is 6.42 Å². The molecule has 0 bridgehead atoms. The lowest BCUT2D eigenvalue weighted by atomic mass is 10.1. The van der Waals surface area contributed by atoms with Crippen molar-refractivity contribution in [2.24, 2.45) is 0 Å². The largest absolute Gasteiger partial charge is 0.497 e. The van der Waals surface area contributed by atoms with E-state index in [2.05, 4.69) is 10.3 Å². The summed E-state index contributed by atoms with van der Waals surface area (Å²) in [4.78, 5) is 16.4. The normalized spacial score (nSPS) is 10.4. The van der Waals surface area contributed by atoms with E-state index in [0.29, 0.717) is 24.2 Å². The topological polar surface area (TPSA) is 51.2 Å². The minimum absolute atomic E-state index is 0.260. The Morgan fingerprint density at radius 1 is 1.04 bits per heavy atom. The summed E-state index contributed by atoms with van der Waals surface area (Å²) in [6, 6.07) is 17.7. The third kappa shape index (κ3) is 4.25. The molecule has 0 aliphatic heterocycles. The fourth-order valence-electron chi connectivity index (χ4n) is 2.58. The Morgan fingerprint density at radius 3 is 2.42 bits per heavy atom. The van der Waals surface area contributed by atoms with Crippen LogP contribution < -0.4 is 10.1 Å². The van der Waals surface area contributed by atoms with Crippen LogP contribution in [-0.2, 0) is 6.42 Å². The molecule has 0 fully saturated rings. The first-order valence-corrected chi connectivity index (χ1v) is 8.29. The first-order chi connectivity index (χ1) is 12.7. The van der Waals surface area contributed by atoms with Gasteiger partial charge in [0.15, 0.2) is 0 Å². The number of carbonyl (C=O) groups excluding carboxylic acids is 1. The average molecular weight is 350 g/mol. The number of aromatic nitrogens is 1. The van der Waals surface area contributed by atoms with Gasteiger partial charge < -0.3 is 10.1 Å². The highest BCUT2D eigenvalue weighted by molar-refractivity contribution is 5.92. The molecule has 0 radical (unpaired) electrons. The number of pyridine rings is 1. The number of carbonyl (C=O) groups is 1. The van der Waals surface area contributed by atoms with E-state index in [1.54, 1.807) is 37.6 Å². The zero-order chi connectivity index (χ0) is 18.4. The summed E-state index contributed by atoms with van der Waals surface area (Å²) in [6.45, 7) is 0.349. The van der Waals surface area contributed by atoms with Crippen molar-refractivity contribution in [2.75, 3.05) is 13.7 Å². The Labute approximate surface area is 151 Å². The van der Waals surface area contributed by atoms with Crippen molar-refractivity contribution < 1.29 is 13.9 Å². The van der Waals surface area contributed by atoms with Crippen molar-refractivity contribution in [1.29, 1.82) is 0 Å². The molecule has 1 N–H and O–H groups in total. The fourth-order valence-corrected chi connectivity index (χ4v) is 2.58. The number of benzene rings is 2. The maximum Gasteiger partial charge on any atom is 0.269 e. The van der Waals surface area contributed by atoms with Gasteiger partial charge in [0.25, 0.3) is 5.91 Å². The molecule has 0 aliphatic carbocycles. The maximum atomic E-state index is 13.6. The monoisotopic (exact) mass is 350 g/mol. The highest BCUT2D eigenvalue weighted by Crippen LogP contribution is 2.21. The molecule has 0 atom stereocenters. The van der Waals surface area contributed by atoms with Crippen LogP contribution in [0.25, 0.3) is 11.1 Å². The SMILES string of the molecule is COc1ccc(-c2ccc(C(=O)NCCc3ccccc3F)nc2)cc1. The highest BCUT2D eigenvalue weighted by atomic mass is 19.1. The van der Waals surface area contributed by atoms with Gasteiger partial charge in [-0.1, -0.05) is 36.4 Å². The second-order valence-electron chi connectivity index (χ2n) is 5.76. The van der Waals surface area contributed by atoms with Crippen LogP contribution in [0.3, 0.4) is 0 Å². The molecular weight excluding hydrogens is 331 g/mol. The lowest BCUT2D eigenvalue weighted by Crippen LogP contribution is -2.26. The average Bonchev–Trinajstić information content (AvgIpc) is 2.69. The highest BCUT2D eigenvalue weighted by Gasteiger charge is 2.08. The number of methoxy groups -OCH3 is 1. The summed E-state index contributed by atoms with van der Waals surface area (Å²) in [7, 11) is 1.62. The Hall–Kier alpha value is -3.21. The summed E-state index contributed by atoms with van der Waals surface area (Å²) in [5.74, 6) is 0.249. The molecule has 0 unspecified atom stereocenters. The van der Waals surface area contributed by atoms with Gasteiger partial charge >= 0.3 is 0 Å². The predicted octanol–water partition coefficient (Wildman–Crippen LogP) is 3.87. The first-order valence-electron chi connectivity index (χ1n) is 8.29. The number of nitrogens with one attached hydrogen (secondary N) is 1. The summed E-state index contributed by atoms with van der Waals surface area (Å²) in [5.41, 5.74) is 2.81. The van der Waals surface area contributed by atoms with Gasteiger partial charge in [-0.2, -0.15) is 0 Å². The minimum atomic E-state index is -0.275. The number of ether oxygens (including phenoxy) is 1. The zero-order valence-corrected chi connectivity index (χ0v) is 14.4. The van der Waals surface area contributed by atoms with Gasteiger partial charge in [-0.15, -0.1) is 0 Å². The van der Waals surface area contributed by atoms with Crippen molar-refractivity contribution in [3.8, 4) is 16.9 Å².